The van der Waals surface area contributed by atoms with Gasteiger partial charge in [0, 0.05) is 29.9 Å². The first kappa shape index (κ1) is 33.7. The van der Waals surface area contributed by atoms with Crippen molar-refractivity contribution in [3.8, 4) is 0 Å². The number of rotatable bonds is 18. The highest BCUT2D eigenvalue weighted by atomic mass is 16.4. The molecule has 0 spiro atoms. The Kier molecular flexibility index (Phi) is 12.9. The van der Waals surface area contributed by atoms with E-state index in [2.05, 4.69) is 20.9 Å². The van der Waals surface area contributed by atoms with Crippen molar-refractivity contribution in [2.75, 3.05) is 6.54 Å². The van der Waals surface area contributed by atoms with Crippen LogP contribution in [-0.2, 0) is 36.8 Å². The normalized spacial score (nSPS) is 13.8. The Morgan fingerprint density at radius 3 is 2.05 bits per heavy atom. The summed E-state index contributed by atoms with van der Waals surface area (Å²) in [6.45, 7) is 0.361. The van der Waals surface area contributed by atoms with Gasteiger partial charge in [0.05, 0.1) is 6.04 Å². The molecule has 0 bridgehead atoms. The van der Waals surface area contributed by atoms with E-state index in [0.717, 1.165) is 16.5 Å². The monoisotopic (exact) mass is 607 g/mol. The lowest BCUT2D eigenvalue weighted by molar-refractivity contribution is -0.142. The van der Waals surface area contributed by atoms with E-state index < -0.39 is 53.8 Å². The number of nitrogens with one attached hydrogen (secondary N) is 4. The van der Waals surface area contributed by atoms with Crippen LogP contribution in [-0.4, -0.2) is 70.4 Å². The number of carboxylic acids is 1. The van der Waals surface area contributed by atoms with Gasteiger partial charge >= 0.3 is 5.97 Å². The first-order valence-electron chi connectivity index (χ1n) is 14.6. The van der Waals surface area contributed by atoms with Crippen LogP contribution in [0.2, 0.25) is 0 Å². The van der Waals surface area contributed by atoms with Crippen LogP contribution in [0, 0.1) is 0 Å². The fourth-order valence-electron chi connectivity index (χ4n) is 4.82. The summed E-state index contributed by atoms with van der Waals surface area (Å²) in [5, 5.41) is 18.4. The molecule has 1 heterocycles. The van der Waals surface area contributed by atoms with Crippen LogP contribution in [0.15, 0.2) is 60.8 Å². The fraction of sp³-hybridized carbons (Fsp3) is 0.387. The molecule has 0 saturated heterocycles. The van der Waals surface area contributed by atoms with Crippen molar-refractivity contribution < 1.29 is 29.1 Å². The molecule has 0 saturated carbocycles. The molecule has 3 rings (SSSR count). The molecule has 3 aromatic rings. The second-order valence-corrected chi connectivity index (χ2v) is 10.7. The van der Waals surface area contributed by atoms with Gasteiger partial charge < -0.3 is 43.2 Å². The van der Waals surface area contributed by atoms with E-state index in [0.29, 0.717) is 24.9 Å². The summed E-state index contributed by atoms with van der Waals surface area (Å²) >= 11 is 0. The third-order valence-electron chi connectivity index (χ3n) is 7.24. The summed E-state index contributed by atoms with van der Waals surface area (Å²) in [6, 6.07) is 11.8. The minimum Gasteiger partial charge on any atom is -0.480 e. The highest BCUT2D eigenvalue weighted by Gasteiger charge is 2.30. The third-order valence-corrected chi connectivity index (χ3v) is 7.24. The Hall–Kier alpha value is -4.75. The number of nitrogens with two attached hydrogens (primary N) is 3. The van der Waals surface area contributed by atoms with E-state index in [1.165, 1.54) is 0 Å². The standard InChI is InChI=1S/C31H41N7O6/c32-15-7-6-12-24(29(41)38-26(31(43)44)16-19-8-2-1-3-9-19)37-30(42)25(13-14-27(34)39)36-28(40)22(33)17-20-18-35-23-11-5-4-10-21(20)23/h1-5,8-11,18,22,24-26,35H,6-7,12-17,32-33H2,(H2,34,39)(H,36,40)(H,37,42)(H,38,41)(H,43,44). The topological polar surface area (TPSA) is 236 Å². The number of aromatic amines is 1. The zero-order valence-electron chi connectivity index (χ0n) is 24.5. The molecule has 1 aromatic heterocycles. The molecule has 0 radical (unpaired) electrons. The summed E-state index contributed by atoms with van der Waals surface area (Å²) in [7, 11) is 0. The molecule has 0 fully saturated rings. The van der Waals surface area contributed by atoms with Crippen molar-refractivity contribution in [1.82, 2.24) is 20.9 Å². The Morgan fingerprint density at radius 1 is 0.773 bits per heavy atom. The third kappa shape index (κ3) is 10.2. The summed E-state index contributed by atoms with van der Waals surface area (Å²) in [5.41, 5.74) is 19.5. The van der Waals surface area contributed by atoms with Crippen LogP contribution in [0.1, 0.15) is 43.2 Å². The van der Waals surface area contributed by atoms with E-state index in [1.54, 1.807) is 36.5 Å². The van der Waals surface area contributed by atoms with Gasteiger partial charge in [0.25, 0.3) is 0 Å². The lowest BCUT2D eigenvalue weighted by Gasteiger charge is -2.25. The van der Waals surface area contributed by atoms with E-state index in [1.807, 2.05) is 24.3 Å². The van der Waals surface area contributed by atoms with Crippen molar-refractivity contribution in [3.05, 3.63) is 71.9 Å². The molecule has 11 N–H and O–H groups in total. The maximum Gasteiger partial charge on any atom is 0.326 e. The number of para-hydroxylation sites is 1. The predicted molar refractivity (Wildman–Crippen MR) is 165 cm³/mol. The zero-order chi connectivity index (χ0) is 32.1. The number of aliphatic carboxylic acids is 1. The van der Waals surface area contributed by atoms with Crippen LogP contribution >= 0.6 is 0 Å². The second kappa shape index (κ2) is 16.8. The summed E-state index contributed by atoms with van der Waals surface area (Å²) in [4.78, 5) is 66.4. The molecule has 4 unspecified atom stereocenters. The number of carbonyl (C=O) groups is 5. The van der Waals surface area contributed by atoms with E-state index in [9.17, 15) is 29.1 Å². The number of carbonyl (C=O) groups excluding carboxylic acids is 4. The highest BCUT2D eigenvalue weighted by molar-refractivity contribution is 5.94. The van der Waals surface area contributed by atoms with Crippen molar-refractivity contribution >= 4 is 40.5 Å². The number of hydrogen-bond acceptors (Lipinski definition) is 7. The van der Waals surface area contributed by atoms with Gasteiger partial charge in [0.1, 0.15) is 18.1 Å². The number of benzene rings is 2. The maximum absolute atomic E-state index is 13.4. The maximum atomic E-state index is 13.4. The van der Waals surface area contributed by atoms with Crippen molar-refractivity contribution in [2.24, 2.45) is 17.2 Å². The molecular formula is C31H41N7O6. The van der Waals surface area contributed by atoms with Gasteiger partial charge in [0.15, 0.2) is 0 Å². The molecule has 13 heteroatoms. The average molecular weight is 608 g/mol. The lowest BCUT2D eigenvalue weighted by Crippen LogP contribution is -2.57. The van der Waals surface area contributed by atoms with E-state index in [4.69, 9.17) is 17.2 Å². The van der Waals surface area contributed by atoms with Gasteiger partial charge in [-0.15, -0.1) is 0 Å². The number of carboxylic acid groups (broad SMARTS) is 1. The average Bonchev–Trinajstić information content (AvgIpc) is 3.41. The molecule has 0 aliphatic heterocycles. The Balaban J connectivity index is 1.71. The van der Waals surface area contributed by atoms with Crippen LogP contribution in [0.5, 0.6) is 0 Å². The van der Waals surface area contributed by atoms with Crippen LogP contribution in [0.4, 0.5) is 0 Å². The first-order chi connectivity index (χ1) is 21.1. The SMILES string of the molecule is NCCCCC(NC(=O)C(CCC(N)=O)NC(=O)C(N)Cc1c[nH]c2ccccc12)C(=O)NC(Cc1ccccc1)C(=O)O. The van der Waals surface area contributed by atoms with Crippen molar-refractivity contribution in [3.63, 3.8) is 0 Å². The molecule has 2 aromatic carbocycles. The summed E-state index contributed by atoms with van der Waals surface area (Å²) in [5.74, 6) is -3.97. The van der Waals surface area contributed by atoms with E-state index >= 15 is 0 Å². The molecular weight excluding hydrogens is 566 g/mol. The zero-order valence-corrected chi connectivity index (χ0v) is 24.5. The number of amides is 4. The van der Waals surface area contributed by atoms with Gasteiger partial charge in [-0.3, -0.25) is 19.2 Å². The number of unbranched alkanes of at least 4 members (excludes halogenated alkanes) is 1. The molecule has 44 heavy (non-hydrogen) atoms. The number of fused-ring (bicyclic) bond motifs is 1. The van der Waals surface area contributed by atoms with Crippen LogP contribution in [0.25, 0.3) is 10.9 Å². The van der Waals surface area contributed by atoms with Crippen molar-refractivity contribution in [2.45, 2.75) is 69.1 Å². The molecule has 0 aliphatic rings. The highest BCUT2D eigenvalue weighted by Crippen LogP contribution is 2.19. The molecule has 13 nitrogen and oxygen atoms in total. The van der Waals surface area contributed by atoms with E-state index in [-0.39, 0.29) is 32.1 Å². The number of primary amides is 1. The largest absolute Gasteiger partial charge is 0.480 e. The van der Waals surface area contributed by atoms with Crippen LogP contribution in [0.3, 0.4) is 0 Å². The quantitative estimate of drug-likeness (QED) is 0.0929. The van der Waals surface area contributed by atoms with Gasteiger partial charge in [-0.2, -0.15) is 0 Å². The van der Waals surface area contributed by atoms with Crippen molar-refractivity contribution in [1.29, 1.82) is 0 Å². The molecule has 4 amide bonds. The molecule has 0 aliphatic carbocycles. The van der Waals surface area contributed by atoms with Gasteiger partial charge in [-0.25, -0.2) is 4.79 Å². The number of aromatic nitrogens is 1. The fourth-order valence-corrected chi connectivity index (χ4v) is 4.82. The van der Waals surface area contributed by atoms with Gasteiger partial charge in [-0.05, 0) is 55.8 Å². The summed E-state index contributed by atoms with van der Waals surface area (Å²) in [6.07, 6.45) is 2.85. The van der Waals surface area contributed by atoms with Gasteiger partial charge in [0.2, 0.25) is 23.6 Å². The first-order valence-corrected chi connectivity index (χ1v) is 14.6. The summed E-state index contributed by atoms with van der Waals surface area (Å²) < 4.78 is 0. The van der Waals surface area contributed by atoms with Gasteiger partial charge in [-0.1, -0.05) is 48.5 Å². The Bertz CT molecular complexity index is 1430. The Labute approximate surface area is 255 Å². The Morgan fingerprint density at radius 2 is 1.39 bits per heavy atom. The molecule has 4 atom stereocenters. The smallest absolute Gasteiger partial charge is 0.326 e. The molecule has 236 valence electrons. The number of hydrogen-bond donors (Lipinski definition) is 8. The predicted octanol–water partition coefficient (Wildman–Crippen LogP) is 0.214. The van der Waals surface area contributed by atoms with Crippen LogP contribution < -0.4 is 33.2 Å². The minimum atomic E-state index is -1.24. The lowest BCUT2D eigenvalue weighted by atomic mass is 10.0. The second-order valence-electron chi connectivity index (χ2n) is 10.7. The number of H-pyrrole nitrogens is 1. The minimum absolute atomic E-state index is 0.0387.